The number of hydrogen-bond donors (Lipinski definition) is 2. The van der Waals surface area contributed by atoms with E-state index in [0.29, 0.717) is 22.7 Å². The normalized spacial score (nSPS) is 11.8. The van der Waals surface area contributed by atoms with Crippen molar-refractivity contribution in [3.8, 4) is 17.1 Å². The molecule has 0 amide bonds. The molecular weight excluding hydrogens is 483 g/mol. The number of H-pyrrole nitrogens is 1. The first-order valence-electron chi connectivity index (χ1n) is 11.1. The van der Waals surface area contributed by atoms with E-state index in [9.17, 15) is 18.0 Å². The lowest BCUT2D eigenvalue weighted by atomic mass is 10.2. The van der Waals surface area contributed by atoms with Crippen LogP contribution < -0.4 is 10.9 Å². The van der Waals surface area contributed by atoms with Crippen LogP contribution in [0.1, 0.15) is 5.56 Å². The van der Waals surface area contributed by atoms with Gasteiger partial charge >= 0.3 is 6.18 Å². The molecule has 6 rings (SSSR count). The molecule has 3 aromatic carbocycles. The van der Waals surface area contributed by atoms with Crippen LogP contribution in [0.2, 0.25) is 0 Å². The third-order valence-electron chi connectivity index (χ3n) is 5.73. The number of para-hydroxylation sites is 1. The Kier molecular flexibility index (Phi) is 5.18. The van der Waals surface area contributed by atoms with Crippen molar-refractivity contribution in [3.63, 3.8) is 0 Å². The highest BCUT2D eigenvalue weighted by Crippen LogP contribution is 2.31. The van der Waals surface area contributed by atoms with E-state index >= 15 is 0 Å². The molecule has 0 aliphatic heterocycles. The van der Waals surface area contributed by atoms with Gasteiger partial charge in [0.15, 0.2) is 17.2 Å². The average molecular weight is 499 g/mol. The molecule has 0 aliphatic rings. The first-order valence-corrected chi connectivity index (χ1v) is 11.1. The summed E-state index contributed by atoms with van der Waals surface area (Å²) in [7, 11) is 0. The van der Waals surface area contributed by atoms with Crippen molar-refractivity contribution < 1.29 is 13.2 Å². The third kappa shape index (κ3) is 4.16. The minimum Gasteiger partial charge on any atom is -0.321 e. The quantitative estimate of drug-likeness (QED) is 0.333. The van der Waals surface area contributed by atoms with Crippen LogP contribution in [0.4, 0.5) is 24.8 Å². The molecule has 3 heterocycles. The number of rotatable bonds is 4. The molecule has 182 valence electrons. The Morgan fingerprint density at radius 2 is 1.62 bits per heavy atom. The number of nitrogens with zero attached hydrogens (tertiary/aromatic N) is 5. The number of benzene rings is 3. The lowest BCUT2D eigenvalue weighted by Gasteiger charge is -2.11. The number of aromatic nitrogens is 6. The second-order valence-corrected chi connectivity index (χ2v) is 8.18. The molecule has 0 aliphatic carbocycles. The van der Waals surface area contributed by atoms with Crippen LogP contribution in [-0.4, -0.2) is 29.9 Å². The Bertz CT molecular complexity index is 1830. The minimum absolute atomic E-state index is 0.0206. The van der Waals surface area contributed by atoms with Gasteiger partial charge in [0, 0.05) is 17.0 Å². The molecule has 0 spiro atoms. The summed E-state index contributed by atoms with van der Waals surface area (Å²) in [5.41, 5.74) is 0.574. The van der Waals surface area contributed by atoms with Gasteiger partial charge in [0.2, 0.25) is 0 Å². The molecular formula is C26H16F3N7O. The van der Waals surface area contributed by atoms with E-state index in [2.05, 4.69) is 25.6 Å². The van der Waals surface area contributed by atoms with Crippen LogP contribution >= 0.6 is 0 Å². The summed E-state index contributed by atoms with van der Waals surface area (Å²) in [5.74, 6) is 1.20. The van der Waals surface area contributed by atoms with E-state index in [1.165, 1.54) is 18.2 Å². The largest absolute Gasteiger partial charge is 0.416 e. The van der Waals surface area contributed by atoms with Crippen molar-refractivity contribution in [3.05, 3.63) is 101 Å². The molecule has 0 bridgehead atoms. The maximum atomic E-state index is 13.2. The number of hydrogen-bond acceptors (Lipinski definition) is 6. The minimum atomic E-state index is -4.56. The van der Waals surface area contributed by atoms with Gasteiger partial charge in [0.25, 0.3) is 5.56 Å². The van der Waals surface area contributed by atoms with Crippen molar-refractivity contribution in [2.24, 2.45) is 0 Å². The molecule has 37 heavy (non-hydrogen) atoms. The SMILES string of the molecule is O=c1cc2[nH]nc(Nc3nc(-c4ccccc4)nc4ccccc34)c2nn1-c1cccc(C(F)(F)F)c1. The van der Waals surface area contributed by atoms with Gasteiger partial charge in [-0.1, -0.05) is 48.5 Å². The highest BCUT2D eigenvalue weighted by atomic mass is 19.4. The predicted octanol–water partition coefficient (Wildman–Crippen LogP) is 5.48. The van der Waals surface area contributed by atoms with Crippen LogP contribution in [0.3, 0.4) is 0 Å². The van der Waals surface area contributed by atoms with E-state index in [1.54, 1.807) is 0 Å². The van der Waals surface area contributed by atoms with Gasteiger partial charge in [-0.3, -0.25) is 9.89 Å². The molecule has 6 aromatic rings. The Morgan fingerprint density at radius 3 is 2.43 bits per heavy atom. The number of halogens is 3. The molecule has 2 N–H and O–H groups in total. The lowest BCUT2D eigenvalue weighted by molar-refractivity contribution is -0.137. The van der Waals surface area contributed by atoms with E-state index in [4.69, 9.17) is 4.98 Å². The van der Waals surface area contributed by atoms with Crippen molar-refractivity contribution in [1.82, 2.24) is 29.9 Å². The number of alkyl halides is 3. The van der Waals surface area contributed by atoms with Crippen molar-refractivity contribution >= 4 is 33.6 Å². The van der Waals surface area contributed by atoms with Crippen LogP contribution in [0.15, 0.2) is 89.7 Å². The predicted molar refractivity (Wildman–Crippen MR) is 133 cm³/mol. The Balaban J connectivity index is 1.47. The summed E-state index contributed by atoms with van der Waals surface area (Å²) in [4.78, 5) is 22.0. The molecule has 0 fully saturated rings. The summed E-state index contributed by atoms with van der Waals surface area (Å²) in [6.07, 6.45) is -4.56. The second kappa shape index (κ2) is 8.55. The van der Waals surface area contributed by atoms with E-state index in [0.717, 1.165) is 27.8 Å². The topological polar surface area (TPSA) is 101 Å². The number of anilines is 2. The smallest absolute Gasteiger partial charge is 0.321 e. The first-order chi connectivity index (χ1) is 17.9. The number of aromatic amines is 1. The number of fused-ring (bicyclic) bond motifs is 2. The van der Waals surface area contributed by atoms with Gasteiger partial charge in [-0.05, 0) is 30.3 Å². The molecule has 0 saturated heterocycles. The first kappa shape index (κ1) is 22.4. The monoisotopic (exact) mass is 499 g/mol. The lowest BCUT2D eigenvalue weighted by Crippen LogP contribution is -2.20. The average Bonchev–Trinajstić information content (AvgIpc) is 3.29. The molecule has 0 radical (unpaired) electrons. The fourth-order valence-corrected chi connectivity index (χ4v) is 3.97. The molecule has 3 aromatic heterocycles. The molecule has 0 atom stereocenters. The zero-order valence-corrected chi connectivity index (χ0v) is 18.9. The summed E-state index contributed by atoms with van der Waals surface area (Å²) < 4.78 is 40.6. The van der Waals surface area contributed by atoms with Gasteiger partial charge < -0.3 is 5.32 Å². The fourth-order valence-electron chi connectivity index (χ4n) is 3.97. The molecule has 0 unspecified atom stereocenters. The summed E-state index contributed by atoms with van der Waals surface area (Å²) in [6, 6.07) is 22.5. The van der Waals surface area contributed by atoms with E-state index < -0.39 is 17.3 Å². The Hall–Kier alpha value is -5.06. The van der Waals surface area contributed by atoms with E-state index in [1.807, 2.05) is 54.6 Å². The van der Waals surface area contributed by atoms with Gasteiger partial charge in [-0.2, -0.15) is 28.1 Å². The molecule has 0 saturated carbocycles. The van der Waals surface area contributed by atoms with Crippen LogP contribution in [-0.2, 0) is 6.18 Å². The number of nitrogens with one attached hydrogen (secondary N) is 2. The highest BCUT2D eigenvalue weighted by molar-refractivity contribution is 5.95. The van der Waals surface area contributed by atoms with Crippen LogP contribution in [0, 0.1) is 0 Å². The Morgan fingerprint density at radius 1 is 0.838 bits per heavy atom. The third-order valence-corrected chi connectivity index (χ3v) is 5.73. The summed E-state index contributed by atoms with van der Waals surface area (Å²) in [5, 5.41) is 15.2. The van der Waals surface area contributed by atoms with Gasteiger partial charge in [0.1, 0.15) is 5.82 Å². The van der Waals surface area contributed by atoms with Crippen molar-refractivity contribution in [2.45, 2.75) is 6.18 Å². The Labute approximate surface area is 206 Å². The van der Waals surface area contributed by atoms with Gasteiger partial charge in [0.05, 0.1) is 22.3 Å². The molecule has 11 heteroatoms. The fraction of sp³-hybridized carbons (Fsp3) is 0.0385. The van der Waals surface area contributed by atoms with Crippen LogP contribution in [0.25, 0.3) is 39.0 Å². The van der Waals surface area contributed by atoms with Gasteiger partial charge in [-0.15, -0.1) is 0 Å². The standard InChI is InChI=1S/C26H16F3N7O/c27-26(28,29)16-9-6-10-17(13-16)36-21(37)14-20-22(35-36)25(34-33-20)32-24-18-11-4-5-12-19(18)30-23(31-24)15-7-2-1-3-8-15/h1-14,33H,(H,30,31,32,34). The van der Waals surface area contributed by atoms with E-state index in [-0.39, 0.29) is 17.0 Å². The van der Waals surface area contributed by atoms with Gasteiger partial charge in [-0.25, -0.2) is 9.97 Å². The highest BCUT2D eigenvalue weighted by Gasteiger charge is 2.30. The second-order valence-electron chi connectivity index (χ2n) is 8.18. The zero-order valence-electron chi connectivity index (χ0n) is 18.9. The van der Waals surface area contributed by atoms with Crippen molar-refractivity contribution in [1.29, 1.82) is 0 Å². The van der Waals surface area contributed by atoms with Crippen LogP contribution in [0.5, 0.6) is 0 Å². The zero-order chi connectivity index (χ0) is 25.6. The summed E-state index contributed by atoms with van der Waals surface area (Å²) in [6.45, 7) is 0. The maximum Gasteiger partial charge on any atom is 0.416 e. The van der Waals surface area contributed by atoms with Crippen molar-refractivity contribution in [2.75, 3.05) is 5.32 Å². The maximum absolute atomic E-state index is 13.2. The molecule has 8 nitrogen and oxygen atoms in total. The summed E-state index contributed by atoms with van der Waals surface area (Å²) >= 11 is 0.